The molecule has 9 heteroatoms. The number of benzene rings is 3. The molecule has 39 heavy (non-hydrogen) atoms. The molecule has 0 spiro atoms. The Balaban J connectivity index is 1.58. The van der Waals surface area contributed by atoms with Gasteiger partial charge in [0.25, 0.3) is 0 Å². The van der Waals surface area contributed by atoms with Gasteiger partial charge in [0.1, 0.15) is 11.4 Å². The van der Waals surface area contributed by atoms with E-state index in [4.69, 9.17) is 4.74 Å². The van der Waals surface area contributed by atoms with Gasteiger partial charge in [-0.25, -0.2) is 14.2 Å². The molecule has 0 radical (unpaired) electrons. The van der Waals surface area contributed by atoms with Crippen molar-refractivity contribution in [1.29, 1.82) is 0 Å². The third-order valence-electron chi connectivity index (χ3n) is 5.72. The van der Waals surface area contributed by atoms with Crippen LogP contribution in [0, 0.1) is 12.7 Å². The van der Waals surface area contributed by atoms with Crippen LogP contribution in [0.2, 0.25) is 0 Å². The van der Waals surface area contributed by atoms with Crippen LogP contribution >= 0.6 is 0 Å². The Morgan fingerprint density at radius 3 is 2.46 bits per heavy atom. The molecule has 1 aromatic heterocycles. The van der Waals surface area contributed by atoms with Gasteiger partial charge >= 0.3 is 6.09 Å². The predicted molar refractivity (Wildman–Crippen MR) is 148 cm³/mol. The molecule has 0 unspecified atom stereocenters. The molecule has 2 N–H and O–H groups in total. The van der Waals surface area contributed by atoms with Crippen molar-refractivity contribution in [2.45, 2.75) is 39.7 Å². The number of carbonyl (C=O) groups is 3. The fraction of sp³-hybridized carbons (Fsp3) is 0.200. The van der Waals surface area contributed by atoms with Gasteiger partial charge in [0, 0.05) is 23.6 Å². The van der Waals surface area contributed by atoms with Gasteiger partial charge in [-0.2, -0.15) is 0 Å². The summed E-state index contributed by atoms with van der Waals surface area (Å²) in [5.74, 6) is -1.29. The van der Waals surface area contributed by atoms with Gasteiger partial charge in [0.05, 0.1) is 24.1 Å². The lowest BCUT2D eigenvalue weighted by molar-refractivity contribution is -0.115. The van der Waals surface area contributed by atoms with Crippen LogP contribution in [0.4, 0.5) is 20.6 Å². The number of ketones is 1. The van der Waals surface area contributed by atoms with Crippen molar-refractivity contribution in [3.63, 3.8) is 0 Å². The maximum atomic E-state index is 13.7. The Kier molecular flexibility index (Phi) is 7.90. The van der Waals surface area contributed by atoms with Gasteiger partial charge in [-0.15, -0.1) is 0 Å². The zero-order valence-corrected chi connectivity index (χ0v) is 22.1. The number of carbonyl (C=O) groups excluding carboxylic acids is 3. The Hall–Kier alpha value is -4.79. The number of nitrogens with one attached hydrogen (secondary N) is 2. The smallest absolute Gasteiger partial charge is 0.412 e. The van der Waals surface area contributed by atoms with Crippen LogP contribution in [-0.4, -0.2) is 32.9 Å². The average Bonchev–Trinajstić information content (AvgIpc) is 3.39. The largest absolute Gasteiger partial charge is 0.444 e. The van der Waals surface area contributed by atoms with E-state index in [1.54, 1.807) is 93.4 Å². The first-order chi connectivity index (χ1) is 18.5. The highest BCUT2D eigenvalue weighted by molar-refractivity contribution is 6.12. The number of nitrogens with zero attached hydrogens (tertiary/aromatic N) is 2. The number of aromatic nitrogens is 2. The van der Waals surface area contributed by atoms with Crippen LogP contribution in [0.1, 0.15) is 43.1 Å². The number of ether oxygens (including phenoxy) is 1. The molecule has 0 aliphatic rings. The van der Waals surface area contributed by atoms with Crippen molar-refractivity contribution >= 4 is 29.2 Å². The summed E-state index contributed by atoms with van der Waals surface area (Å²) in [4.78, 5) is 42.4. The monoisotopic (exact) mass is 528 g/mol. The first-order valence-electron chi connectivity index (χ1n) is 12.3. The summed E-state index contributed by atoms with van der Waals surface area (Å²) < 4.78 is 20.8. The number of rotatable bonds is 7. The molecule has 0 bridgehead atoms. The lowest BCUT2D eigenvalue weighted by Gasteiger charge is -2.21. The van der Waals surface area contributed by atoms with E-state index in [1.165, 1.54) is 12.1 Å². The first kappa shape index (κ1) is 27.3. The predicted octanol–water partition coefficient (Wildman–Crippen LogP) is 6.55. The van der Waals surface area contributed by atoms with Crippen molar-refractivity contribution in [2.24, 2.45) is 0 Å². The van der Waals surface area contributed by atoms with Crippen molar-refractivity contribution in [3.8, 4) is 16.8 Å². The van der Waals surface area contributed by atoms with Crippen LogP contribution in [0.25, 0.3) is 16.8 Å². The van der Waals surface area contributed by atoms with E-state index in [0.29, 0.717) is 16.7 Å². The minimum absolute atomic E-state index is 0.270. The maximum absolute atomic E-state index is 13.7. The summed E-state index contributed by atoms with van der Waals surface area (Å²) in [6.45, 7) is 7.00. The molecule has 0 saturated heterocycles. The van der Waals surface area contributed by atoms with E-state index in [9.17, 15) is 18.8 Å². The summed E-state index contributed by atoms with van der Waals surface area (Å²) >= 11 is 0. The second kappa shape index (κ2) is 11.3. The number of Topliss-reactive ketones (excluding diaryl/α,β-unsaturated/α-hetero) is 1. The lowest BCUT2D eigenvalue weighted by Crippen LogP contribution is -2.27. The van der Waals surface area contributed by atoms with Gasteiger partial charge in [0.15, 0.2) is 5.78 Å². The van der Waals surface area contributed by atoms with Gasteiger partial charge in [-0.3, -0.25) is 14.9 Å². The van der Waals surface area contributed by atoms with E-state index < -0.39 is 24.0 Å². The number of imidazole rings is 1. The summed E-state index contributed by atoms with van der Waals surface area (Å²) in [5.41, 5.74) is 3.09. The SMILES string of the molecule is Cc1cc(F)ccc1-c1ccc(NC(=O)OC(C)(C)C)c(NC(=O)CC(=O)c2cccc(-n3ccnc3)c2)c1. The van der Waals surface area contributed by atoms with Crippen LogP contribution in [0.3, 0.4) is 0 Å². The van der Waals surface area contributed by atoms with Crippen molar-refractivity contribution in [3.05, 3.63) is 96.3 Å². The van der Waals surface area contributed by atoms with Gasteiger partial charge in [-0.1, -0.05) is 24.3 Å². The Morgan fingerprint density at radius 1 is 0.974 bits per heavy atom. The molecule has 0 aliphatic heterocycles. The van der Waals surface area contributed by atoms with Crippen LogP contribution in [-0.2, 0) is 9.53 Å². The first-order valence-corrected chi connectivity index (χ1v) is 12.3. The van der Waals surface area contributed by atoms with Crippen molar-refractivity contribution < 1.29 is 23.5 Å². The minimum Gasteiger partial charge on any atom is -0.444 e. The van der Waals surface area contributed by atoms with Gasteiger partial charge in [-0.05, 0) is 80.8 Å². The van der Waals surface area contributed by atoms with E-state index in [2.05, 4.69) is 15.6 Å². The molecule has 4 rings (SSSR count). The number of aryl methyl sites for hydroxylation is 1. The molecule has 0 atom stereocenters. The minimum atomic E-state index is -0.726. The molecule has 200 valence electrons. The van der Waals surface area contributed by atoms with Gasteiger partial charge < -0.3 is 14.6 Å². The number of anilines is 2. The Morgan fingerprint density at radius 2 is 1.77 bits per heavy atom. The molecule has 4 aromatic rings. The zero-order valence-electron chi connectivity index (χ0n) is 22.1. The summed E-state index contributed by atoms with van der Waals surface area (Å²) in [6.07, 6.45) is 3.89. The van der Waals surface area contributed by atoms with E-state index in [-0.39, 0.29) is 23.0 Å². The van der Waals surface area contributed by atoms with E-state index in [0.717, 1.165) is 11.3 Å². The highest BCUT2D eigenvalue weighted by Crippen LogP contribution is 2.32. The second-order valence-electron chi connectivity index (χ2n) is 10.0. The molecular formula is C30H29FN4O4. The highest BCUT2D eigenvalue weighted by atomic mass is 19.1. The molecule has 0 saturated carbocycles. The maximum Gasteiger partial charge on any atom is 0.412 e. The van der Waals surface area contributed by atoms with Gasteiger partial charge in [0.2, 0.25) is 5.91 Å². The quantitative estimate of drug-likeness (QED) is 0.209. The molecule has 1 heterocycles. The number of amides is 2. The van der Waals surface area contributed by atoms with Crippen molar-refractivity contribution in [2.75, 3.05) is 10.6 Å². The Labute approximate surface area is 225 Å². The summed E-state index contributed by atoms with van der Waals surface area (Å²) in [5, 5.41) is 5.40. The molecule has 0 aliphatic carbocycles. The van der Waals surface area contributed by atoms with E-state index >= 15 is 0 Å². The summed E-state index contributed by atoms with van der Waals surface area (Å²) in [7, 11) is 0. The Bertz CT molecular complexity index is 1520. The number of hydrogen-bond donors (Lipinski definition) is 2. The van der Waals surface area contributed by atoms with E-state index in [1.807, 2.05) is 6.07 Å². The molecule has 8 nitrogen and oxygen atoms in total. The standard InChI is InChI=1S/C30H29FN4O4/c1-19-14-22(31)9-10-24(19)20-8-11-25(34-29(38)39-30(2,3)4)26(16-20)33-28(37)17-27(36)21-6-5-7-23(15-21)35-13-12-32-18-35/h5-16,18H,17H2,1-4H3,(H,33,37)(H,34,38). The average molecular weight is 529 g/mol. The highest BCUT2D eigenvalue weighted by Gasteiger charge is 2.20. The third kappa shape index (κ3) is 7.16. The summed E-state index contributed by atoms with van der Waals surface area (Å²) in [6, 6.07) is 16.3. The fourth-order valence-electron chi connectivity index (χ4n) is 3.98. The zero-order chi connectivity index (χ0) is 28.2. The molecule has 2 amide bonds. The van der Waals surface area contributed by atoms with Crippen LogP contribution in [0.15, 0.2) is 79.4 Å². The number of halogens is 1. The fourth-order valence-corrected chi connectivity index (χ4v) is 3.98. The third-order valence-corrected chi connectivity index (χ3v) is 5.72. The topological polar surface area (TPSA) is 102 Å². The molecule has 0 fully saturated rings. The van der Waals surface area contributed by atoms with Crippen LogP contribution < -0.4 is 10.6 Å². The lowest BCUT2D eigenvalue weighted by atomic mass is 9.99. The molecular weight excluding hydrogens is 499 g/mol. The van der Waals surface area contributed by atoms with Crippen molar-refractivity contribution in [1.82, 2.24) is 9.55 Å². The van der Waals surface area contributed by atoms with Crippen LogP contribution in [0.5, 0.6) is 0 Å². The second-order valence-corrected chi connectivity index (χ2v) is 10.0. The normalized spacial score (nSPS) is 11.1. The number of hydrogen-bond acceptors (Lipinski definition) is 5. The molecule has 3 aromatic carbocycles.